The van der Waals surface area contributed by atoms with Gasteiger partial charge in [0.25, 0.3) is 0 Å². The average molecular weight is 602 g/mol. The summed E-state index contributed by atoms with van der Waals surface area (Å²) in [7, 11) is 0. The maximum absolute atomic E-state index is 13.5. The number of nitrogens with one attached hydrogen (secondary N) is 1. The maximum atomic E-state index is 13.5. The van der Waals surface area contributed by atoms with Gasteiger partial charge in [-0.15, -0.1) is 4.72 Å². The topological polar surface area (TPSA) is 83.8 Å². The number of esters is 1. The molecule has 0 amide bonds. The van der Waals surface area contributed by atoms with Crippen LogP contribution in [-0.2, 0) is 33.9 Å². The maximum Gasteiger partial charge on any atom is 0.391 e. The van der Waals surface area contributed by atoms with Crippen molar-refractivity contribution in [1.82, 2.24) is 4.72 Å². The van der Waals surface area contributed by atoms with Gasteiger partial charge in [-0.05, 0) is 74.7 Å². The Labute approximate surface area is 246 Å². The summed E-state index contributed by atoms with van der Waals surface area (Å²) in [6.07, 6.45) is -4.01. The monoisotopic (exact) mass is 601 g/mol. The van der Waals surface area contributed by atoms with Crippen LogP contribution in [-0.4, -0.2) is 28.1 Å². The number of carbonyl (C=O) groups excluding carboxylic acids is 1. The highest BCUT2D eigenvalue weighted by atomic mass is 32.2. The molecule has 0 spiro atoms. The molecular weight excluding hydrogens is 567 g/mol. The summed E-state index contributed by atoms with van der Waals surface area (Å²) in [5.74, 6) is 0.203. The zero-order valence-electron chi connectivity index (χ0n) is 23.9. The molecule has 2 atom stereocenters. The van der Waals surface area contributed by atoms with Gasteiger partial charge >= 0.3 is 12.1 Å². The SMILES string of the molecule is CCOC(=O)Cc1ccccc1OCc1cc(-c2cccc(C(CC(F)(F)F)N[S@+]([O-])C(C)(C)C)c2)c2occc2c1. The van der Waals surface area contributed by atoms with Crippen molar-refractivity contribution < 1.29 is 36.4 Å². The third-order valence-corrected chi connectivity index (χ3v) is 8.07. The fraction of sp³-hybridized carbons (Fsp3) is 0.344. The zero-order valence-corrected chi connectivity index (χ0v) is 24.7. The van der Waals surface area contributed by atoms with Gasteiger partial charge in [0.1, 0.15) is 22.7 Å². The van der Waals surface area contributed by atoms with E-state index in [1.54, 1.807) is 76.4 Å². The van der Waals surface area contributed by atoms with Crippen LogP contribution in [0.4, 0.5) is 13.2 Å². The Kier molecular flexibility index (Phi) is 9.91. The molecule has 1 N–H and O–H groups in total. The largest absolute Gasteiger partial charge is 0.598 e. The highest BCUT2D eigenvalue weighted by Gasteiger charge is 2.37. The van der Waals surface area contributed by atoms with Gasteiger partial charge in [-0.1, -0.05) is 36.4 Å². The van der Waals surface area contributed by atoms with Gasteiger partial charge in [0.05, 0.1) is 31.8 Å². The molecule has 42 heavy (non-hydrogen) atoms. The van der Waals surface area contributed by atoms with Crippen LogP contribution in [0.25, 0.3) is 22.1 Å². The van der Waals surface area contributed by atoms with Crippen LogP contribution in [0.3, 0.4) is 0 Å². The fourth-order valence-corrected chi connectivity index (χ4v) is 5.28. The van der Waals surface area contributed by atoms with E-state index in [1.165, 1.54) is 0 Å². The smallest absolute Gasteiger partial charge is 0.391 e. The number of rotatable bonds is 11. The highest BCUT2D eigenvalue weighted by molar-refractivity contribution is 7.90. The average Bonchev–Trinajstić information content (AvgIpc) is 3.39. The molecule has 1 aromatic heterocycles. The lowest BCUT2D eigenvalue weighted by Gasteiger charge is -2.28. The Morgan fingerprint density at radius 3 is 2.52 bits per heavy atom. The Balaban J connectivity index is 1.65. The molecule has 0 radical (unpaired) electrons. The number of ether oxygens (including phenoxy) is 2. The summed E-state index contributed by atoms with van der Waals surface area (Å²) in [5.41, 5.74) is 3.76. The van der Waals surface area contributed by atoms with E-state index in [-0.39, 0.29) is 25.6 Å². The van der Waals surface area contributed by atoms with Crippen molar-refractivity contribution in [3.8, 4) is 16.9 Å². The second-order valence-electron chi connectivity index (χ2n) is 10.9. The summed E-state index contributed by atoms with van der Waals surface area (Å²) in [5, 5.41) is 0.801. The number of benzene rings is 3. The van der Waals surface area contributed by atoms with Crippen molar-refractivity contribution in [3.05, 3.63) is 89.7 Å². The first-order chi connectivity index (χ1) is 19.8. The second kappa shape index (κ2) is 13.2. The second-order valence-corrected chi connectivity index (χ2v) is 12.9. The third kappa shape index (κ3) is 8.30. The first-order valence-electron chi connectivity index (χ1n) is 13.6. The fourth-order valence-electron chi connectivity index (χ4n) is 4.45. The van der Waals surface area contributed by atoms with Crippen molar-refractivity contribution >= 4 is 28.3 Å². The van der Waals surface area contributed by atoms with Gasteiger partial charge < -0.3 is 18.4 Å². The molecule has 10 heteroatoms. The van der Waals surface area contributed by atoms with Crippen molar-refractivity contribution in [2.24, 2.45) is 0 Å². The van der Waals surface area contributed by atoms with Crippen molar-refractivity contribution in [1.29, 1.82) is 0 Å². The zero-order chi connectivity index (χ0) is 30.5. The van der Waals surface area contributed by atoms with E-state index in [1.807, 2.05) is 24.3 Å². The van der Waals surface area contributed by atoms with E-state index in [0.717, 1.165) is 10.9 Å². The highest BCUT2D eigenvalue weighted by Crippen LogP contribution is 2.36. The Bertz CT molecular complexity index is 1510. The molecule has 4 aromatic rings. The minimum absolute atomic E-state index is 0.0793. The van der Waals surface area contributed by atoms with Crippen LogP contribution in [0.1, 0.15) is 56.8 Å². The molecule has 0 saturated carbocycles. The lowest BCUT2D eigenvalue weighted by atomic mass is 9.96. The summed E-state index contributed by atoms with van der Waals surface area (Å²) in [6, 6.07) is 18.4. The predicted octanol–water partition coefficient (Wildman–Crippen LogP) is 7.83. The Morgan fingerprint density at radius 2 is 1.81 bits per heavy atom. The predicted molar refractivity (Wildman–Crippen MR) is 157 cm³/mol. The molecule has 0 aliphatic carbocycles. The van der Waals surface area contributed by atoms with Gasteiger partial charge in [-0.3, -0.25) is 4.79 Å². The van der Waals surface area contributed by atoms with Gasteiger partial charge in [0.15, 0.2) is 0 Å². The van der Waals surface area contributed by atoms with Crippen LogP contribution in [0.5, 0.6) is 5.75 Å². The summed E-state index contributed by atoms with van der Waals surface area (Å²) in [4.78, 5) is 12.0. The molecule has 0 aliphatic heterocycles. The number of carbonyl (C=O) groups is 1. The van der Waals surface area contributed by atoms with Gasteiger partial charge in [0, 0.05) is 27.9 Å². The molecule has 1 unspecified atom stereocenters. The molecule has 0 saturated heterocycles. The molecule has 0 bridgehead atoms. The lowest BCUT2D eigenvalue weighted by Crippen LogP contribution is -2.42. The molecule has 3 aromatic carbocycles. The van der Waals surface area contributed by atoms with E-state index in [0.29, 0.717) is 33.6 Å². The van der Waals surface area contributed by atoms with Crippen LogP contribution in [0.15, 0.2) is 77.4 Å². The third-order valence-electron chi connectivity index (χ3n) is 6.46. The molecule has 1 heterocycles. The van der Waals surface area contributed by atoms with Crippen molar-refractivity contribution in [2.45, 2.75) is 64.1 Å². The van der Waals surface area contributed by atoms with Gasteiger partial charge in [-0.25, -0.2) is 0 Å². The quantitative estimate of drug-likeness (QED) is 0.139. The minimum atomic E-state index is -4.47. The van der Waals surface area contributed by atoms with E-state index in [9.17, 15) is 22.5 Å². The normalized spacial score (nSPS) is 13.6. The van der Waals surface area contributed by atoms with Gasteiger partial charge in [0.2, 0.25) is 0 Å². The van der Waals surface area contributed by atoms with Crippen LogP contribution in [0.2, 0.25) is 0 Å². The number of fused-ring (bicyclic) bond motifs is 1. The molecule has 0 fully saturated rings. The summed E-state index contributed by atoms with van der Waals surface area (Å²) in [6.45, 7) is 7.32. The summed E-state index contributed by atoms with van der Waals surface area (Å²) < 4.78 is 72.3. The van der Waals surface area contributed by atoms with Gasteiger partial charge in [-0.2, -0.15) is 13.2 Å². The van der Waals surface area contributed by atoms with E-state index in [2.05, 4.69) is 4.72 Å². The van der Waals surface area contributed by atoms with Crippen molar-refractivity contribution in [2.75, 3.05) is 6.61 Å². The molecule has 6 nitrogen and oxygen atoms in total. The lowest BCUT2D eigenvalue weighted by molar-refractivity contribution is -0.142. The molecule has 4 rings (SSSR count). The molecule has 0 aliphatic rings. The number of hydrogen-bond donors (Lipinski definition) is 1. The first kappa shape index (κ1) is 31.5. The summed E-state index contributed by atoms with van der Waals surface area (Å²) >= 11 is -1.72. The minimum Gasteiger partial charge on any atom is -0.598 e. The number of para-hydroxylation sites is 1. The van der Waals surface area contributed by atoms with Crippen LogP contribution < -0.4 is 9.46 Å². The number of hydrogen-bond acceptors (Lipinski definition) is 6. The molecule has 224 valence electrons. The van der Waals surface area contributed by atoms with E-state index in [4.69, 9.17) is 13.9 Å². The standard InChI is InChI=1S/C32H34F3NO5S/c1-5-39-29(37)18-24-9-6-7-12-28(24)41-20-21-15-25-13-14-40-30(25)26(16-21)22-10-8-11-23(17-22)27(19-32(33,34)35)36-42(38)31(2,3)4/h6-17,27,36H,5,18-20H2,1-4H3/t27?,42-/m1/s1. The van der Waals surface area contributed by atoms with Crippen molar-refractivity contribution in [3.63, 3.8) is 0 Å². The number of halogens is 3. The van der Waals surface area contributed by atoms with E-state index >= 15 is 0 Å². The molecular formula is C32H34F3NO5S. The first-order valence-corrected chi connectivity index (χ1v) is 14.7. The van der Waals surface area contributed by atoms with Crippen LogP contribution >= 0.6 is 0 Å². The number of furan rings is 1. The Morgan fingerprint density at radius 1 is 1.05 bits per heavy atom. The van der Waals surface area contributed by atoms with E-state index < -0.39 is 34.7 Å². The number of alkyl halides is 3. The van der Waals surface area contributed by atoms with Crippen LogP contribution in [0, 0.1) is 0 Å². The Hall–Kier alpha value is -3.47.